The maximum absolute atomic E-state index is 12.8. The van der Waals surface area contributed by atoms with Crippen molar-refractivity contribution in [2.24, 2.45) is 0 Å². The number of hydrogen-bond acceptors (Lipinski definition) is 7. The molecule has 0 aliphatic heterocycles. The molecule has 0 amide bonds. The van der Waals surface area contributed by atoms with Gasteiger partial charge in [0.15, 0.2) is 28.4 Å². The first-order valence-electron chi connectivity index (χ1n) is 9.82. The summed E-state index contributed by atoms with van der Waals surface area (Å²) in [6.07, 6.45) is 0. The lowest BCUT2D eigenvalue weighted by Gasteiger charge is -2.13. The Labute approximate surface area is 184 Å². The van der Waals surface area contributed by atoms with Gasteiger partial charge in [-0.3, -0.25) is 4.79 Å². The average molecular weight is 434 g/mol. The second-order valence-corrected chi connectivity index (χ2v) is 6.95. The van der Waals surface area contributed by atoms with Gasteiger partial charge in [-0.25, -0.2) is 0 Å². The van der Waals surface area contributed by atoms with E-state index in [4.69, 9.17) is 23.4 Å². The number of methoxy groups -OCH3 is 3. The zero-order chi connectivity index (χ0) is 22.7. The lowest BCUT2D eigenvalue weighted by Crippen LogP contribution is -2.03. The van der Waals surface area contributed by atoms with Crippen LogP contribution in [0.15, 0.2) is 69.9 Å². The second-order valence-electron chi connectivity index (χ2n) is 6.95. The molecule has 3 aromatic carbocycles. The third kappa shape index (κ3) is 3.92. The standard InChI is InChI=1S/C25H22O7/c1-28-20-11-16(9-10-18(20)31-14-15-7-5-4-6-8-15)19-12-17(26)23-21(32-19)13-22(29-2)25(30-3)24(23)27/h4-13,27H,14H2,1-3H3. The van der Waals surface area contributed by atoms with Crippen molar-refractivity contribution in [3.05, 3.63) is 76.5 Å². The molecule has 0 spiro atoms. The number of benzene rings is 3. The van der Waals surface area contributed by atoms with Crippen LogP contribution in [0, 0.1) is 0 Å². The van der Waals surface area contributed by atoms with Crippen LogP contribution in [0.1, 0.15) is 5.56 Å². The predicted octanol–water partition coefficient (Wildman–Crippen LogP) is 4.77. The predicted molar refractivity (Wildman–Crippen MR) is 120 cm³/mol. The Bertz CT molecular complexity index is 1310. The molecule has 1 aromatic heterocycles. The Balaban J connectivity index is 1.73. The van der Waals surface area contributed by atoms with Crippen molar-refractivity contribution in [1.82, 2.24) is 0 Å². The minimum absolute atomic E-state index is 0.0150. The first kappa shape index (κ1) is 21.1. The fraction of sp³-hybridized carbons (Fsp3) is 0.160. The zero-order valence-corrected chi connectivity index (χ0v) is 17.9. The molecule has 164 valence electrons. The van der Waals surface area contributed by atoms with Crippen molar-refractivity contribution in [2.45, 2.75) is 6.61 Å². The van der Waals surface area contributed by atoms with E-state index in [1.54, 1.807) is 25.3 Å². The molecular formula is C25H22O7. The highest BCUT2D eigenvalue weighted by molar-refractivity contribution is 5.89. The van der Waals surface area contributed by atoms with Gasteiger partial charge in [0.2, 0.25) is 5.75 Å². The van der Waals surface area contributed by atoms with E-state index in [2.05, 4.69) is 0 Å². The van der Waals surface area contributed by atoms with Gasteiger partial charge in [0.1, 0.15) is 23.3 Å². The summed E-state index contributed by atoms with van der Waals surface area (Å²) in [6.45, 7) is 0.391. The fourth-order valence-electron chi connectivity index (χ4n) is 3.43. The molecule has 7 heteroatoms. The van der Waals surface area contributed by atoms with E-state index < -0.39 is 5.43 Å². The Morgan fingerprint density at radius 1 is 0.844 bits per heavy atom. The normalized spacial score (nSPS) is 10.7. The Morgan fingerprint density at radius 2 is 1.59 bits per heavy atom. The van der Waals surface area contributed by atoms with Crippen LogP contribution in [-0.2, 0) is 6.61 Å². The molecule has 4 aromatic rings. The molecule has 0 atom stereocenters. The Hall–Kier alpha value is -4.13. The Kier molecular flexibility index (Phi) is 5.89. The van der Waals surface area contributed by atoms with Gasteiger partial charge in [-0.05, 0) is 23.8 Å². The summed E-state index contributed by atoms with van der Waals surface area (Å²) in [5.74, 6) is 1.36. The van der Waals surface area contributed by atoms with Crippen LogP contribution in [-0.4, -0.2) is 26.4 Å². The number of phenols is 1. The highest BCUT2D eigenvalue weighted by atomic mass is 16.5. The van der Waals surface area contributed by atoms with Crippen LogP contribution in [0.25, 0.3) is 22.3 Å². The topological polar surface area (TPSA) is 87.4 Å². The van der Waals surface area contributed by atoms with Crippen LogP contribution < -0.4 is 24.4 Å². The van der Waals surface area contributed by atoms with Gasteiger partial charge in [0.25, 0.3) is 0 Å². The van der Waals surface area contributed by atoms with E-state index in [1.165, 1.54) is 26.4 Å². The highest BCUT2D eigenvalue weighted by Crippen LogP contribution is 2.42. The van der Waals surface area contributed by atoms with Gasteiger partial charge in [-0.2, -0.15) is 0 Å². The molecule has 0 saturated carbocycles. The molecule has 7 nitrogen and oxygen atoms in total. The van der Waals surface area contributed by atoms with E-state index in [0.29, 0.717) is 29.4 Å². The minimum atomic E-state index is -0.414. The number of ether oxygens (including phenoxy) is 4. The first-order chi connectivity index (χ1) is 15.5. The van der Waals surface area contributed by atoms with Crippen molar-refractivity contribution in [3.8, 4) is 40.1 Å². The molecule has 1 N–H and O–H groups in total. The second kappa shape index (κ2) is 8.93. The number of fused-ring (bicyclic) bond motifs is 1. The summed E-state index contributed by atoms with van der Waals surface area (Å²) < 4.78 is 27.7. The molecule has 4 rings (SSSR count). The molecule has 0 radical (unpaired) electrons. The monoisotopic (exact) mass is 434 g/mol. The van der Waals surface area contributed by atoms with Crippen LogP contribution in [0.3, 0.4) is 0 Å². The summed E-state index contributed by atoms with van der Waals surface area (Å²) in [5, 5.41) is 10.5. The summed E-state index contributed by atoms with van der Waals surface area (Å²) in [6, 6.07) is 17.9. The summed E-state index contributed by atoms with van der Waals surface area (Å²) in [5.41, 5.74) is 1.40. The number of hydrogen-bond donors (Lipinski definition) is 1. The molecule has 32 heavy (non-hydrogen) atoms. The van der Waals surface area contributed by atoms with Gasteiger partial charge in [0.05, 0.1) is 21.3 Å². The van der Waals surface area contributed by atoms with E-state index in [0.717, 1.165) is 5.56 Å². The van der Waals surface area contributed by atoms with Crippen LogP contribution in [0.5, 0.6) is 28.7 Å². The molecule has 0 fully saturated rings. The minimum Gasteiger partial charge on any atom is -0.504 e. The van der Waals surface area contributed by atoms with Crippen LogP contribution in [0.4, 0.5) is 0 Å². The SMILES string of the molecule is COc1cc(-c2cc(=O)c3c(O)c(OC)c(OC)cc3o2)ccc1OCc1ccccc1. The van der Waals surface area contributed by atoms with Gasteiger partial charge in [0, 0.05) is 17.7 Å². The third-order valence-electron chi connectivity index (χ3n) is 5.02. The first-order valence-corrected chi connectivity index (χ1v) is 9.82. The summed E-state index contributed by atoms with van der Waals surface area (Å²) in [7, 11) is 4.36. The molecule has 1 heterocycles. The zero-order valence-electron chi connectivity index (χ0n) is 17.9. The number of rotatable bonds is 7. The summed E-state index contributed by atoms with van der Waals surface area (Å²) >= 11 is 0. The lowest BCUT2D eigenvalue weighted by atomic mass is 10.1. The number of phenolic OH excluding ortho intramolecular Hbond substituents is 1. The van der Waals surface area contributed by atoms with E-state index >= 15 is 0 Å². The van der Waals surface area contributed by atoms with Crippen molar-refractivity contribution >= 4 is 11.0 Å². The number of aromatic hydroxyl groups is 1. The Morgan fingerprint density at radius 3 is 2.28 bits per heavy atom. The maximum Gasteiger partial charge on any atom is 0.204 e. The average Bonchev–Trinajstić information content (AvgIpc) is 2.82. The summed E-state index contributed by atoms with van der Waals surface area (Å²) in [4.78, 5) is 12.8. The fourth-order valence-corrected chi connectivity index (χ4v) is 3.43. The van der Waals surface area contributed by atoms with E-state index in [-0.39, 0.29) is 28.2 Å². The van der Waals surface area contributed by atoms with Gasteiger partial charge in [-0.1, -0.05) is 30.3 Å². The maximum atomic E-state index is 12.8. The van der Waals surface area contributed by atoms with Crippen molar-refractivity contribution in [1.29, 1.82) is 0 Å². The molecule has 0 aliphatic carbocycles. The third-order valence-corrected chi connectivity index (χ3v) is 5.02. The quantitative estimate of drug-likeness (QED) is 0.448. The molecule has 0 bridgehead atoms. The van der Waals surface area contributed by atoms with Gasteiger partial charge in [-0.15, -0.1) is 0 Å². The lowest BCUT2D eigenvalue weighted by molar-refractivity contribution is 0.284. The molecule has 0 saturated heterocycles. The molecule has 0 unspecified atom stereocenters. The molecular weight excluding hydrogens is 412 g/mol. The van der Waals surface area contributed by atoms with Gasteiger partial charge < -0.3 is 28.5 Å². The van der Waals surface area contributed by atoms with Crippen LogP contribution >= 0.6 is 0 Å². The van der Waals surface area contributed by atoms with Gasteiger partial charge >= 0.3 is 0 Å². The van der Waals surface area contributed by atoms with E-state index in [1.807, 2.05) is 30.3 Å². The van der Waals surface area contributed by atoms with Crippen molar-refractivity contribution in [3.63, 3.8) is 0 Å². The van der Waals surface area contributed by atoms with E-state index in [9.17, 15) is 9.90 Å². The van der Waals surface area contributed by atoms with Crippen LogP contribution in [0.2, 0.25) is 0 Å². The molecule has 0 aliphatic rings. The van der Waals surface area contributed by atoms with Crippen molar-refractivity contribution in [2.75, 3.05) is 21.3 Å². The smallest absolute Gasteiger partial charge is 0.204 e. The largest absolute Gasteiger partial charge is 0.504 e. The van der Waals surface area contributed by atoms with Crippen molar-refractivity contribution < 1.29 is 28.5 Å². The highest BCUT2D eigenvalue weighted by Gasteiger charge is 2.20.